The van der Waals surface area contributed by atoms with Crippen LogP contribution in [0, 0.1) is 13.8 Å². The fourth-order valence-corrected chi connectivity index (χ4v) is 5.89. The molecule has 4 rings (SSSR count). The Morgan fingerprint density at radius 3 is 2.50 bits per heavy atom. The molecule has 2 heterocycles. The minimum Gasteiger partial charge on any atom is -0.348 e. The van der Waals surface area contributed by atoms with Crippen molar-refractivity contribution in [3.8, 4) is 11.3 Å². The van der Waals surface area contributed by atoms with Crippen molar-refractivity contribution in [3.05, 3.63) is 41.1 Å². The zero-order valence-corrected chi connectivity index (χ0v) is 17.3. The van der Waals surface area contributed by atoms with E-state index in [2.05, 4.69) is 23.4 Å². The highest BCUT2D eigenvalue weighted by Gasteiger charge is 2.32. The highest BCUT2D eigenvalue weighted by Crippen LogP contribution is 2.31. The second kappa shape index (κ2) is 7.35. The molecule has 0 spiro atoms. The monoisotopic (exact) mass is 401 g/mol. The first-order valence-electron chi connectivity index (χ1n) is 10.0. The molecule has 2 fully saturated rings. The van der Waals surface area contributed by atoms with Gasteiger partial charge < -0.3 is 5.32 Å². The molecule has 1 saturated carbocycles. The van der Waals surface area contributed by atoms with Crippen molar-refractivity contribution in [1.82, 2.24) is 15.1 Å². The first-order chi connectivity index (χ1) is 13.3. The number of sulfone groups is 1. The van der Waals surface area contributed by atoms with Crippen LogP contribution < -0.4 is 5.32 Å². The third kappa shape index (κ3) is 3.85. The topological polar surface area (TPSA) is 81.1 Å². The Labute approximate surface area is 166 Å². The van der Waals surface area contributed by atoms with Crippen LogP contribution in [0.2, 0.25) is 0 Å². The second-order valence-electron chi connectivity index (χ2n) is 8.17. The molecule has 1 N–H and O–H groups in total. The van der Waals surface area contributed by atoms with Gasteiger partial charge in [0.2, 0.25) is 0 Å². The van der Waals surface area contributed by atoms with Crippen molar-refractivity contribution in [2.75, 3.05) is 11.5 Å². The van der Waals surface area contributed by atoms with Gasteiger partial charge in [-0.05, 0) is 56.4 Å². The minimum atomic E-state index is -3.05. The maximum Gasteiger partial charge on any atom is 0.272 e. The van der Waals surface area contributed by atoms with Crippen molar-refractivity contribution >= 4 is 15.7 Å². The molecule has 0 radical (unpaired) electrons. The van der Waals surface area contributed by atoms with Crippen LogP contribution in [0.1, 0.15) is 59.8 Å². The number of aromatic nitrogens is 2. The quantitative estimate of drug-likeness (QED) is 0.853. The van der Waals surface area contributed by atoms with Gasteiger partial charge in [-0.3, -0.25) is 9.48 Å². The van der Waals surface area contributed by atoms with Gasteiger partial charge in [0, 0.05) is 11.6 Å². The summed E-state index contributed by atoms with van der Waals surface area (Å²) in [6, 6.07) is 7.93. The number of hydrogen-bond acceptors (Lipinski definition) is 4. The SMILES string of the molecule is Cc1ccc(-c2cc(C(=O)NC3CCCC3)nn2[C@@H]2CCS(=O)(=O)C2)cc1C. The number of amides is 1. The second-order valence-corrected chi connectivity index (χ2v) is 10.4. The predicted molar refractivity (Wildman–Crippen MR) is 109 cm³/mol. The zero-order valence-electron chi connectivity index (χ0n) is 16.4. The lowest BCUT2D eigenvalue weighted by Crippen LogP contribution is -2.33. The Kier molecular flexibility index (Phi) is 5.04. The molecule has 7 heteroatoms. The van der Waals surface area contributed by atoms with Gasteiger partial charge in [0.05, 0.1) is 23.2 Å². The van der Waals surface area contributed by atoms with Gasteiger partial charge in [-0.15, -0.1) is 0 Å². The van der Waals surface area contributed by atoms with E-state index in [0.717, 1.165) is 42.5 Å². The standard InChI is InChI=1S/C21H27N3O3S/c1-14-7-8-16(11-15(14)2)20-12-19(21(25)22-17-5-3-4-6-17)23-24(20)18-9-10-28(26,27)13-18/h7-8,11-12,17-18H,3-6,9-10,13H2,1-2H3,(H,22,25)/t18-/m1/s1. The lowest BCUT2D eigenvalue weighted by atomic mass is 10.0. The van der Waals surface area contributed by atoms with Gasteiger partial charge in [0.1, 0.15) is 0 Å². The summed E-state index contributed by atoms with van der Waals surface area (Å²) >= 11 is 0. The molecular weight excluding hydrogens is 374 g/mol. The van der Waals surface area contributed by atoms with Crippen LogP contribution in [0.25, 0.3) is 11.3 Å². The molecule has 1 aromatic heterocycles. The predicted octanol–water partition coefficient (Wildman–Crippen LogP) is 3.20. The number of benzene rings is 1. The maximum absolute atomic E-state index is 12.8. The summed E-state index contributed by atoms with van der Waals surface area (Å²) in [4.78, 5) is 12.8. The number of carbonyl (C=O) groups excluding carboxylic acids is 1. The summed E-state index contributed by atoms with van der Waals surface area (Å²) < 4.78 is 25.8. The number of nitrogens with zero attached hydrogens (tertiary/aromatic N) is 2. The Morgan fingerprint density at radius 2 is 1.86 bits per heavy atom. The van der Waals surface area contributed by atoms with E-state index in [0.29, 0.717) is 12.1 Å². The van der Waals surface area contributed by atoms with Crippen LogP contribution in [0.3, 0.4) is 0 Å². The van der Waals surface area contributed by atoms with E-state index < -0.39 is 9.84 Å². The lowest BCUT2D eigenvalue weighted by Gasteiger charge is -2.14. The van der Waals surface area contributed by atoms with E-state index in [1.54, 1.807) is 10.7 Å². The van der Waals surface area contributed by atoms with Crippen molar-refractivity contribution in [2.24, 2.45) is 0 Å². The average Bonchev–Trinajstić information content (AvgIpc) is 3.36. The third-order valence-electron chi connectivity index (χ3n) is 6.02. The van der Waals surface area contributed by atoms with Gasteiger partial charge in [0.25, 0.3) is 5.91 Å². The minimum absolute atomic E-state index is 0.0796. The summed E-state index contributed by atoms with van der Waals surface area (Å²) in [7, 11) is -3.05. The van der Waals surface area contributed by atoms with Gasteiger partial charge in [-0.2, -0.15) is 5.10 Å². The van der Waals surface area contributed by atoms with Crippen molar-refractivity contribution in [2.45, 2.75) is 58.0 Å². The van der Waals surface area contributed by atoms with Gasteiger partial charge in [0.15, 0.2) is 15.5 Å². The molecule has 1 amide bonds. The molecule has 0 unspecified atom stereocenters. The molecule has 28 heavy (non-hydrogen) atoms. The average molecular weight is 402 g/mol. The van der Waals surface area contributed by atoms with Crippen LogP contribution in [0.4, 0.5) is 0 Å². The number of rotatable bonds is 4. The van der Waals surface area contributed by atoms with E-state index >= 15 is 0 Å². The number of aryl methyl sites for hydroxylation is 2. The van der Waals surface area contributed by atoms with Crippen LogP contribution in [0.15, 0.2) is 24.3 Å². The molecular formula is C21H27N3O3S. The molecule has 2 aromatic rings. The summed E-state index contributed by atoms with van der Waals surface area (Å²) in [5, 5.41) is 7.65. The number of nitrogens with one attached hydrogen (secondary N) is 1. The normalized spacial score (nSPS) is 21.9. The smallest absolute Gasteiger partial charge is 0.272 e. The summed E-state index contributed by atoms with van der Waals surface area (Å²) in [6.45, 7) is 4.10. The first kappa shape index (κ1) is 19.2. The van der Waals surface area contributed by atoms with Gasteiger partial charge in [-0.1, -0.05) is 25.0 Å². The van der Waals surface area contributed by atoms with Crippen molar-refractivity contribution < 1.29 is 13.2 Å². The molecule has 1 saturated heterocycles. The van der Waals surface area contributed by atoms with E-state index in [4.69, 9.17) is 0 Å². The summed E-state index contributed by atoms with van der Waals surface area (Å²) in [5.74, 6) is 0.0838. The van der Waals surface area contributed by atoms with E-state index in [1.165, 1.54) is 5.56 Å². The molecule has 1 aromatic carbocycles. The zero-order chi connectivity index (χ0) is 19.9. The fourth-order valence-electron chi connectivity index (χ4n) is 4.20. The Morgan fingerprint density at radius 1 is 1.11 bits per heavy atom. The summed E-state index contributed by atoms with van der Waals surface area (Å²) in [6.07, 6.45) is 4.85. The van der Waals surface area contributed by atoms with Crippen LogP contribution in [-0.2, 0) is 9.84 Å². The molecule has 150 valence electrons. The lowest BCUT2D eigenvalue weighted by molar-refractivity contribution is 0.0931. The van der Waals surface area contributed by atoms with E-state index in [-0.39, 0.29) is 29.5 Å². The first-order valence-corrected chi connectivity index (χ1v) is 11.8. The Bertz CT molecular complexity index is 1000. The highest BCUT2D eigenvalue weighted by molar-refractivity contribution is 7.91. The highest BCUT2D eigenvalue weighted by atomic mass is 32.2. The summed E-state index contributed by atoms with van der Waals surface area (Å²) in [5.41, 5.74) is 4.48. The third-order valence-corrected chi connectivity index (χ3v) is 7.77. The largest absolute Gasteiger partial charge is 0.348 e. The van der Waals surface area contributed by atoms with Gasteiger partial charge >= 0.3 is 0 Å². The van der Waals surface area contributed by atoms with Crippen molar-refractivity contribution in [3.63, 3.8) is 0 Å². The number of hydrogen-bond donors (Lipinski definition) is 1. The van der Waals surface area contributed by atoms with Crippen LogP contribution in [-0.4, -0.2) is 41.7 Å². The van der Waals surface area contributed by atoms with E-state index in [9.17, 15) is 13.2 Å². The molecule has 1 aliphatic carbocycles. The number of carbonyl (C=O) groups is 1. The molecule has 1 aliphatic heterocycles. The molecule has 1 atom stereocenters. The molecule has 2 aliphatic rings. The molecule has 6 nitrogen and oxygen atoms in total. The Balaban J connectivity index is 1.71. The Hall–Kier alpha value is -2.15. The van der Waals surface area contributed by atoms with E-state index in [1.807, 2.05) is 19.1 Å². The molecule has 0 bridgehead atoms. The van der Waals surface area contributed by atoms with Crippen LogP contribution >= 0.6 is 0 Å². The van der Waals surface area contributed by atoms with Crippen LogP contribution in [0.5, 0.6) is 0 Å². The fraction of sp³-hybridized carbons (Fsp3) is 0.524. The van der Waals surface area contributed by atoms with Crippen molar-refractivity contribution in [1.29, 1.82) is 0 Å². The van der Waals surface area contributed by atoms with Gasteiger partial charge in [-0.25, -0.2) is 8.42 Å². The maximum atomic E-state index is 12.8.